The number of hydrogen-bond donors (Lipinski definition) is 0. The van der Waals surface area contributed by atoms with Crippen LogP contribution in [0.1, 0.15) is 72.6 Å². The normalized spacial score (nSPS) is 22.5. The van der Waals surface area contributed by atoms with Gasteiger partial charge in [-0.2, -0.15) is 0 Å². The van der Waals surface area contributed by atoms with E-state index in [1.54, 1.807) is 0 Å². The van der Waals surface area contributed by atoms with Crippen LogP contribution in [0.3, 0.4) is 0 Å². The van der Waals surface area contributed by atoms with Crippen molar-refractivity contribution >= 4 is 11.8 Å². The van der Waals surface area contributed by atoms with Gasteiger partial charge in [0, 0.05) is 25.2 Å². The number of nitrogens with zero attached hydrogens (tertiary/aromatic N) is 2. The fourth-order valence-corrected chi connectivity index (χ4v) is 4.98. The average molecular weight is 435 g/mol. The quantitative estimate of drug-likeness (QED) is 0.656. The Hall–Kier alpha value is -2.82. The largest absolute Gasteiger partial charge is 0.487 e. The molecule has 1 saturated carbocycles. The molecule has 5 nitrogen and oxygen atoms in total. The van der Waals surface area contributed by atoms with Gasteiger partial charge >= 0.3 is 0 Å². The molecular weight excluding hydrogens is 400 g/mol. The van der Waals surface area contributed by atoms with Gasteiger partial charge in [-0.3, -0.25) is 9.59 Å². The monoisotopic (exact) mass is 434 g/mol. The molecule has 2 aromatic carbocycles. The lowest BCUT2D eigenvalue weighted by Gasteiger charge is -2.40. The zero-order chi connectivity index (χ0) is 22.3. The summed E-state index contributed by atoms with van der Waals surface area (Å²) in [7, 11) is 0. The highest BCUT2D eigenvalue weighted by Gasteiger charge is 2.35. The maximum atomic E-state index is 13.5. The molecule has 1 aliphatic carbocycles. The summed E-state index contributed by atoms with van der Waals surface area (Å²) in [5.41, 5.74) is 1.35. The van der Waals surface area contributed by atoms with Gasteiger partial charge in [-0.15, -0.1) is 0 Å². The van der Waals surface area contributed by atoms with Crippen molar-refractivity contribution in [2.45, 2.75) is 64.0 Å². The van der Waals surface area contributed by atoms with E-state index in [9.17, 15) is 9.59 Å². The highest BCUT2D eigenvalue weighted by molar-refractivity contribution is 5.97. The molecule has 1 fully saturated rings. The molecule has 2 atom stereocenters. The topological polar surface area (TPSA) is 49.9 Å². The van der Waals surface area contributed by atoms with Gasteiger partial charge in [0.2, 0.25) is 0 Å². The van der Waals surface area contributed by atoms with E-state index in [-0.39, 0.29) is 24.0 Å². The van der Waals surface area contributed by atoms with Gasteiger partial charge in [0.05, 0.1) is 11.6 Å². The smallest absolute Gasteiger partial charge is 0.257 e. The van der Waals surface area contributed by atoms with Gasteiger partial charge in [-0.1, -0.05) is 36.8 Å². The minimum atomic E-state index is -0.110. The molecule has 0 unspecified atom stereocenters. The van der Waals surface area contributed by atoms with E-state index in [1.165, 1.54) is 0 Å². The van der Waals surface area contributed by atoms with Crippen LogP contribution in [0, 0.1) is 0 Å². The van der Waals surface area contributed by atoms with Crippen LogP contribution in [0.4, 0.5) is 0 Å². The van der Waals surface area contributed by atoms with Crippen molar-refractivity contribution in [1.29, 1.82) is 0 Å². The van der Waals surface area contributed by atoms with Crippen LogP contribution >= 0.6 is 0 Å². The summed E-state index contributed by atoms with van der Waals surface area (Å²) in [6.07, 6.45) is 6.73. The van der Waals surface area contributed by atoms with Crippen LogP contribution < -0.4 is 4.74 Å². The van der Waals surface area contributed by atoms with Gasteiger partial charge in [0.15, 0.2) is 0 Å². The third kappa shape index (κ3) is 4.98. The predicted molar refractivity (Wildman–Crippen MR) is 126 cm³/mol. The third-order valence-corrected chi connectivity index (χ3v) is 6.74. The first kappa shape index (κ1) is 22.4. The lowest BCUT2D eigenvalue weighted by atomic mass is 9.90. The zero-order valence-electron chi connectivity index (χ0n) is 19.0. The molecule has 5 heteroatoms. The van der Waals surface area contributed by atoms with Crippen molar-refractivity contribution < 1.29 is 14.3 Å². The fourth-order valence-electron chi connectivity index (χ4n) is 4.98. The summed E-state index contributed by atoms with van der Waals surface area (Å²) in [4.78, 5) is 30.8. The number of ether oxygens (including phenoxy) is 1. The van der Waals surface area contributed by atoms with Crippen LogP contribution in [0.25, 0.3) is 0 Å². The first-order valence-corrected chi connectivity index (χ1v) is 12.1. The van der Waals surface area contributed by atoms with Gasteiger partial charge < -0.3 is 14.5 Å². The SMILES string of the molecule is CCN1CCCCCN(C(=O)c2ccccc2)[C@@H]2CCCC[C@@H]2Oc2ccccc2C1=O. The molecule has 1 aliphatic heterocycles. The number of fused-ring (bicyclic) bond motifs is 2. The van der Waals surface area contributed by atoms with Gasteiger partial charge in [-0.05, 0) is 69.7 Å². The second-order valence-electron chi connectivity index (χ2n) is 8.81. The molecule has 2 amide bonds. The number of para-hydroxylation sites is 1. The number of hydrogen-bond acceptors (Lipinski definition) is 3. The van der Waals surface area contributed by atoms with Gasteiger partial charge in [0.25, 0.3) is 11.8 Å². The Balaban J connectivity index is 1.68. The van der Waals surface area contributed by atoms with E-state index >= 15 is 0 Å². The van der Waals surface area contributed by atoms with Crippen molar-refractivity contribution in [3.63, 3.8) is 0 Å². The molecule has 0 N–H and O–H groups in total. The second kappa shape index (κ2) is 10.7. The van der Waals surface area contributed by atoms with Crippen molar-refractivity contribution in [3.8, 4) is 5.75 Å². The van der Waals surface area contributed by atoms with Crippen molar-refractivity contribution in [1.82, 2.24) is 9.80 Å². The Kier molecular flexibility index (Phi) is 7.46. The summed E-state index contributed by atoms with van der Waals surface area (Å²) in [6.45, 7) is 4.15. The van der Waals surface area contributed by atoms with E-state index in [1.807, 2.05) is 66.4 Å². The third-order valence-electron chi connectivity index (χ3n) is 6.74. The molecular formula is C27H34N2O3. The molecule has 0 radical (unpaired) electrons. The van der Waals surface area contributed by atoms with Crippen molar-refractivity contribution in [2.75, 3.05) is 19.6 Å². The van der Waals surface area contributed by atoms with Crippen LogP contribution in [0.2, 0.25) is 0 Å². The number of amides is 2. The van der Waals surface area contributed by atoms with E-state index < -0.39 is 0 Å². The Morgan fingerprint density at radius 1 is 0.906 bits per heavy atom. The summed E-state index contributed by atoms with van der Waals surface area (Å²) in [6, 6.07) is 17.2. The van der Waals surface area contributed by atoms with E-state index in [2.05, 4.69) is 4.90 Å². The predicted octanol–water partition coefficient (Wildman–Crippen LogP) is 5.17. The van der Waals surface area contributed by atoms with E-state index in [0.717, 1.165) is 63.6 Å². The van der Waals surface area contributed by atoms with Crippen LogP contribution in [0.15, 0.2) is 54.6 Å². The molecule has 0 aromatic heterocycles. The molecule has 0 bridgehead atoms. The number of benzene rings is 2. The summed E-state index contributed by atoms with van der Waals surface area (Å²) >= 11 is 0. The Morgan fingerprint density at radius 2 is 1.62 bits per heavy atom. The zero-order valence-corrected chi connectivity index (χ0v) is 19.0. The van der Waals surface area contributed by atoms with Crippen molar-refractivity contribution in [3.05, 3.63) is 65.7 Å². The first-order valence-electron chi connectivity index (χ1n) is 12.1. The number of carbonyl (C=O) groups excluding carboxylic acids is 2. The lowest BCUT2D eigenvalue weighted by Crippen LogP contribution is -2.51. The van der Waals surface area contributed by atoms with Crippen LogP contribution in [-0.2, 0) is 0 Å². The second-order valence-corrected chi connectivity index (χ2v) is 8.81. The van der Waals surface area contributed by atoms with Gasteiger partial charge in [-0.25, -0.2) is 0 Å². The Morgan fingerprint density at radius 3 is 2.44 bits per heavy atom. The highest BCUT2D eigenvalue weighted by Crippen LogP contribution is 2.31. The highest BCUT2D eigenvalue weighted by atomic mass is 16.5. The lowest BCUT2D eigenvalue weighted by molar-refractivity contribution is 0.0273. The number of carbonyl (C=O) groups is 2. The van der Waals surface area contributed by atoms with Crippen molar-refractivity contribution in [2.24, 2.45) is 0 Å². The molecule has 4 rings (SSSR count). The summed E-state index contributed by atoms with van der Waals surface area (Å²) in [5, 5.41) is 0. The minimum absolute atomic E-state index is 0.0163. The van der Waals surface area contributed by atoms with E-state index in [4.69, 9.17) is 4.74 Å². The summed E-state index contributed by atoms with van der Waals surface area (Å²) in [5.74, 6) is 0.756. The molecule has 170 valence electrons. The number of rotatable bonds is 2. The maximum absolute atomic E-state index is 13.5. The molecule has 1 heterocycles. The first-order chi connectivity index (χ1) is 15.7. The van der Waals surface area contributed by atoms with Gasteiger partial charge in [0.1, 0.15) is 11.9 Å². The fraction of sp³-hybridized carbons (Fsp3) is 0.481. The molecule has 0 saturated heterocycles. The Labute approximate surface area is 191 Å². The standard InChI is InChI=1S/C27H34N2O3/c1-2-28-19-11-4-12-20-29(26(30)21-13-5-3-6-14-21)23-16-8-10-18-25(23)32-24-17-9-7-15-22(24)27(28)31/h3,5-7,9,13-15,17,23,25H,2,4,8,10-12,16,18-20H2,1H3/t23-,25+/m1/s1. The molecule has 32 heavy (non-hydrogen) atoms. The van der Waals surface area contributed by atoms with Crippen LogP contribution in [0.5, 0.6) is 5.75 Å². The minimum Gasteiger partial charge on any atom is -0.487 e. The summed E-state index contributed by atoms with van der Waals surface area (Å²) < 4.78 is 6.55. The molecule has 0 spiro atoms. The van der Waals surface area contributed by atoms with Crippen LogP contribution in [-0.4, -0.2) is 53.4 Å². The average Bonchev–Trinajstić information content (AvgIpc) is 2.85. The maximum Gasteiger partial charge on any atom is 0.257 e. The molecule has 2 aromatic rings. The molecule has 2 aliphatic rings. The van der Waals surface area contributed by atoms with E-state index in [0.29, 0.717) is 17.9 Å². The Bertz CT molecular complexity index is 914.